The highest BCUT2D eigenvalue weighted by atomic mass is 16.2. The van der Waals surface area contributed by atoms with E-state index in [1.807, 2.05) is 23.1 Å². The van der Waals surface area contributed by atoms with Crippen LogP contribution in [-0.4, -0.2) is 47.0 Å². The minimum absolute atomic E-state index is 0.105. The van der Waals surface area contributed by atoms with Crippen LogP contribution < -0.4 is 10.5 Å². The zero-order valence-electron chi connectivity index (χ0n) is 14.4. The predicted octanol–water partition coefficient (Wildman–Crippen LogP) is 2.15. The molecule has 2 fully saturated rings. The topological polar surface area (TPSA) is 69.3 Å². The Balaban J connectivity index is 1.45. The molecule has 6 heteroatoms. The number of amides is 1. The van der Waals surface area contributed by atoms with E-state index < -0.39 is 0 Å². The molecule has 0 unspecified atom stereocenters. The molecule has 1 amide bonds. The molecule has 2 aliphatic rings. The number of nitrogens with zero attached hydrogens (tertiary/aromatic N) is 3. The quantitative estimate of drug-likeness (QED) is 0.909. The van der Waals surface area contributed by atoms with Gasteiger partial charge in [0, 0.05) is 32.1 Å². The molecule has 0 spiro atoms. The number of carbonyl (C=O) groups excluding carboxylic acids is 1. The number of aromatic nitrogens is 2. The van der Waals surface area contributed by atoms with E-state index in [1.54, 1.807) is 6.07 Å². The molecule has 2 aromatic rings. The van der Waals surface area contributed by atoms with Crippen molar-refractivity contribution < 1.29 is 4.79 Å². The number of likely N-dealkylation sites (tertiary alicyclic amines) is 1. The van der Waals surface area contributed by atoms with E-state index in [0.29, 0.717) is 22.8 Å². The van der Waals surface area contributed by atoms with Gasteiger partial charge in [0.2, 0.25) is 11.9 Å². The van der Waals surface area contributed by atoms with Crippen molar-refractivity contribution in [2.75, 3.05) is 31.1 Å². The third-order valence-corrected chi connectivity index (χ3v) is 5.41. The minimum Gasteiger partial charge on any atom is -0.342 e. The number of para-hydroxylation sites is 1. The zero-order chi connectivity index (χ0) is 17.2. The first-order valence-corrected chi connectivity index (χ1v) is 9.25. The van der Waals surface area contributed by atoms with Crippen LogP contribution in [-0.2, 0) is 4.79 Å². The monoisotopic (exact) mass is 340 g/mol. The number of benzene rings is 1. The first-order valence-electron chi connectivity index (χ1n) is 9.25. The zero-order valence-corrected chi connectivity index (χ0v) is 14.4. The number of rotatable bonds is 2. The molecule has 1 aromatic carbocycles. The Morgan fingerprint density at radius 2 is 1.76 bits per heavy atom. The van der Waals surface area contributed by atoms with Crippen molar-refractivity contribution in [3.05, 3.63) is 34.6 Å². The second kappa shape index (κ2) is 6.86. The van der Waals surface area contributed by atoms with E-state index in [4.69, 9.17) is 0 Å². The Morgan fingerprint density at radius 1 is 1.04 bits per heavy atom. The summed E-state index contributed by atoms with van der Waals surface area (Å²) in [5.41, 5.74) is 0.611. The van der Waals surface area contributed by atoms with Crippen LogP contribution in [0.15, 0.2) is 29.1 Å². The number of anilines is 1. The molecular weight excluding hydrogens is 316 g/mol. The number of H-pyrrole nitrogens is 1. The van der Waals surface area contributed by atoms with Crippen LogP contribution in [0.25, 0.3) is 10.9 Å². The first kappa shape index (κ1) is 16.1. The van der Waals surface area contributed by atoms with Crippen LogP contribution in [0.2, 0.25) is 0 Å². The van der Waals surface area contributed by atoms with Crippen molar-refractivity contribution in [2.24, 2.45) is 5.92 Å². The fourth-order valence-electron chi connectivity index (χ4n) is 3.93. The molecule has 0 bridgehead atoms. The number of aromatic amines is 1. The second-order valence-electron chi connectivity index (χ2n) is 7.05. The lowest BCUT2D eigenvalue weighted by Gasteiger charge is -2.35. The molecule has 0 radical (unpaired) electrons. The van der Waals surface area contributed by atoms with E-state index in [0.717, 1.165) is 51.9 Å². The molecule has 1 aromatic heterocycles. The maximum atomic E-state index is 12.7. The van der Waals surface area contributed by atoms with Crippen molar-refractivity contribution in [3.8, 4) is 0 Å². The summed E-state index contributed by atoms with van der Waals surface area (Å²) >= 11 is 0. The van der Waals surface area contributed by atoms with E-state index in [-0.39, 0.29) is 11.5 Å². The van der Waals surface area contributed by atoms with E-state index in [2.05, 4.69) is 14.9 Å². The Kier molecular flexibility index (Phi) is 4.42. The normalized spacial score (nSPS) is 19.4. The van der Waals surface area contributed by atoms with Crippen molar-refractivity contribution in [1.29, 1.82) is 0 Å². The van der Waals surface area contributed by atoms with Crippen LogP contribution in [0.3, 0.4) is 0 Å². The number of fused-ring (bicyclic) bond motifs is 1. The van der Waals surface area contributed by atoms with Crippen LogP contribution in [0.5, 0.6) is 0 Å². The van der Waals surface area contributed by atoms with Crippen LogP contribution in [0.4, 0.5) is 5.95 Å². The van der Waals surface area contributed by atoms with Gasteiger partial charge in [0.1, 0.15) is 0 Å². The largest absolute Gasteiger partial charge is 0.342 e. The maximum absolute atomic E-state index is 12.7. The van der Waals surface area contributed by atoms with Gasteiger partial charge in [-0.2, -0.15) is 0 Å². The molecule has 132 valence electrons. The lowest BCUT2D eigenvalue weighted by atomic mass is 9.94. The van der Waals surface area contributed by atoms with E-state index in [9.17, 15) is 9.59 Å². The van der Waals surface area contributed by atoms with Gasteiger partial charge < -0.3 is 9.80 Å². The van der Waals surface area contributed by atoms with Crippen molar-refractivity contribution in [3.63, 3.8) is 0 Å². The number of piperidine rings is 2. The lowest BCUT2D eigenvalue weighted by molar-refractivity contribution is -0.137. The first-order chi connectivity index (χ1) is 12.2. The van der Waals surface area contributed by atoms with Crippen LogP contribution in [0, 0.1) is 5.92 Å². The predicted molar refractivity (Wildman–Crippen MR) is 97.7 cm³/mol. The number of nitrogens with one attached hydrogen (secondary N) is 1. The van der Waals surface area contributed by atoms with Crippen LogP contribution >= 0.6 is 0 Å². The molecule has 3 heterocycles. The van der Waals surface area contributed by atoms with Crippen LogP contribution in [0.1, 0.15) is 32.1 Å². The Hall–Kier alpha value is -2.37. The molecule has 2 aliphatic heterocycles. The van der Waals surface area contributed by atoms with Crippen molar-refractivity contribution in [2.45, 2.75) is 32.1 Å². The number of hydrogen-bond acceptors (Lipinski definition) is 4. The van der Waals surface area contributed by atoms with Crippen molar-refractivity contribution >= 4 is 22.8 Å². The summed E-state index contributed by atoms with van der Waals surface area (Å²) < 4.78 is 0. The summed E-state index contributed by atoms with van der Waals surface area (Å²) in [6.45, 7) is 3.34. The minimum atomic E-state index is -0.105. The highest BCUT2D eigenvalue weighted by Crippen LogP contribution is 2.24. The van der Waals surface area contributed by atoms with Gasteiger partial charge in [-0.3, -0.25) is 14.6 Å². The van der Waals surface area contributed by atoms with Gasteiger partial charge in [0.25, 0.3) is 5.56 Å². The Labute approximate surface area is 146 Å². The summed E-state index contributed by atoms with van der Waals surface area (Å²) in [5, 5.41) is 0.612. The second-order valence-corrected chi connectivity index (χ2v) is 7.05. The van der Waals surface area contributed by atoms with Gasteiger partial charge in [-0.25, -0.2) is 4.98 Å². The molecule has 2 saturated heterocycles. The summed E-state index contributed by atoms with van der Waals surface area (Å²) in [5.74, 6) is 1.05. The van der Waals surface area contributed by atoms with E-state index in [1.165, 1.54) is 6.42 Å². The standard InChI is InChI=1S/C19H24N4O2/c24-17-15-6-2-3-7-16(15)20-19(21-17)23-12-8-14(9-13-23)18(25)22-10-4-1-5-11-22/h2-3,6-7,14H,1,4-5,8-13H2,(H,20,21,24). The van der Waals surface area contributed by atoms with Gasteiger partial charge in [-0.1, -0.05) is 12.1 Å². The summed E-state index contributed by atoms with van der Waals surface area (Å²) in [6.07, 6.45) is 5.15. The molecule has 0 saturated carbocycles. The number of hydrogen-bond donors (Lipinski definition) is 1. The summed E-state index contributed by atoms with van der Waals surface area (Å²) in [4.78, 5) is 36.5. The molecule has 1 N–H and O–H groups in total. The van der Waals surface area contributed by atoms with Gasteiger partial charge in [0.15, 0.2) is 0 Å². The highest BCUT2D eigenvalue weighted by molar-refractivity contribution is 5.80. The fourth-order valence-corrected chi connectivity index (χ4v) is 3.93. The maximum Gasteiger partial charge on any atom is 0.260 e. The smallest absolute Gasteiger partial charge is 0.260 e. The van der Waals surface area contributed by atoms with Crippen molar-refractivity contribution in [1.82, 2.24) is 14.9 Å². The fraction of sp³-hybridized carbons (Fsp3) is 0.526. The molecule has 0 aliphatic carbocycles. The molecule has 25 heavy (non-hydrogen) atoms. The summed E-state index contributed by atoms with van der Waals surface area (Å²) in [7, 11) is 0. The third kappa shape index (κ3) is 3.25. The average Bonchev–Trinajstić information content (AvgIpc) is 2.68. The molecule has 6 nitrogen and oxygen atoms in total. The molecule has 4 rings (SSSR count). The molecular formula is C19H24N4O2. The molecule has 0 atom stereocenters. The van der Waals surface area contributed by atoms with Gasteiger partial charge >= 0.3 is 0 Å². The average molecular weight is 340 g/mol. The van der Waals surface area contributed by atoms with E-state index >= 15 is 0 Å². The van der Waals surface area contributed by atoms with Gasteiger partial charge in [0.05, 0.1) is 10.9 Å². The lowest BCUT2D eigenvalue weighted by Crippen LogP contribution is -2.44. The summed E-state index contributed by atoms with van der Waals surface area (Å²) in [6, 6.07) is 7.38. The Bertz CT molecular complexity index is 818. The highest BCUT2D eigenvalue weighted by Gasteiger charge is 2.29. The third-order valence-electron chi connectivity index (χ3n) is 5.41. The SMILES string of the molecule is O=C(C1CCN(c2nc3ccccc3c(=O)[nH]2)CC1)N1CCCCC1. The number of carbonyl (C=O) groups is 1. The van der Waals surface area contributed by atoms with Gasteiger partial charge in [-0.15, -0.1) is 0 Å². The van der Waals surface area contributed by atoms with Gasteiger partial charge in [-0.05, 0) is 44.2 Å². The Morgan fingerprint density at radius 3 is 2.52 bits per heavy atom.